The summed E-state index contributed by atoms with van der Waals surface area (Å²) in [6.07, 6.45) is 10.4. The summed E-state index contributed by atoms with van der Waals surface area (Å²) in [5.41, 5.74) is 2.24. The van der Waals surface area contributed by atoms with E-state index >= 15 is 0 Å². The van der Waals surface area contributed by atoms with Gasteiger partial charge in [-0.3, -0.25) is 0 Å². The van der Waals surface area contributed by atoms with Crippen LogP contribution in [0.5, 0.6) is 0 Å². The number of nitrogens with zero attached hydrogens (tertiary/aromatic N) is 1. The Morgan fingerprint density at radius 1 is 1.15 bits per heavy atom. The van der Waals surface area contributed by atoms with E-state index in [-0.39, 0.29) is 5.57 Å². The fourth-order valence-electron chi connectivity index (χ4n) is 2.51. The summed E-state index contributed by atoms with van der Waals surface area (Å²) in [6, 6.07) is 10.1. The number of aliphatic carboxylic acids is 1. The summed E-state index contributed by atoms with van der Waals surface area (Å²) in [5, 5.41) is 9.21. The molecule has 1 aromatic rings. The van der Waals surface area contributed by atoms with Crippen LogP contribution < -0.4 is 0 Å². The zero-order valence-electron chi connectivity index (χ0n) is 16.2. The summed E-state index contributed by atoms with van der Waals surface area (Å²) in [4.78, 5) is 14.5. The molecule has 1 rings (SSSR count). The highest BCUT2D eigenvalue weighted by Crippen LogP contribution is 2.32. The molecule has 0 aliphatic carbocycles. The lowest BCUT2D eigenvalue weighted by Gasteiger charge is -2.23. The van der Waals surface area contributed by atoms with Gasteiger partial charge in [0, 0.05) is 29.8 Å². The van der Waals surface area contributed by atoms with Crippen LogP contribution in [0.25, 0.3) is 5.57 Å². The Labute approximate surface area is 162 Å². The molecular formula is C22H31NO2S. The Balaban J connectivity index is 3.33. The molecule has 0 unspecified atom stereocenters. The first kappa shape index (κ1) is 22.1. The maximum absolute atomic E-state index is 11.2. The number of carboxylic acid groups (broad SMARTS) is 1. The first-order valence-corrected chi connectivity index (χ1v) is 10.4. The minimum Gasteiger partial charge on any atom is -0.478 e. The molecular weight excluding hydrogens is 342 g/mol. The molecule has 0 radical (unpaired) electrons. The zero-order chi connectivity index (χ0) is 19.4. The highest BCUT2D eigenvalue weighted by molar-refractivity contribution is 8.03. The van der Waals surface area contributed by atoms with Crippen molar-refractivity contribution in [2.75, 3.05) is 19.3 Å². The van der Waals surface area contributed by atoms with E-state index in [0.29, 0.717) is 0 Å². The van der Waals surface area contributed by atoms with Crippen molar-refractivity contribution in [2.45, 2.75) is 39.5 Å². The SMILES string of the molecule is C=C(/C=C(SC)\C(=C\N(CCCC)CCCC)c1ccccc1)C(=O)O. The molecule has 26 heavy (non-hydrogen) atoms. The van der Waals surface area contributed by atoms with Crippen molar-refractivity contribution in [3.63, 3.8) is 0 Å². The lowest BCUT2D eigenvalue weighted by atomic mass is 10.0. The van der Waals surface area contributed by atoms with Gasteiger partial charge in [0.25, 0.3) is 0 Å². The third kappa shape index (κ3) is 7.52. The molecule has 0 fully saturated rings. The molecule has 4 heteroatoms. The van der Waals surface area contributed by atoms with E-state index < -0.39 is 5.97 Å². The van der Waals surface area contributed by atoms with E-state index in [9.17, 15) is 9.90 Å². The van der Waals surface area contributed by atoms with Gasteiger partial charge in [0.05, 0.1) is 5.57 Å². The molecule has 0 aliphatic heterocycles. The van der Waals surface area contributed by atoms with Gasteiger partial charge in [-0.2, -0.15) is 0 Å². The van der Waals surface area contributed by atoms with Crippen molar-refractivity contribution in [1.29, 1.82) is 0 Å². The van der Waals surface area contributed by atoms with Crippen molar-refractivity contribution in [3.8, 4) is 0 Å². The second kappa shape index (κ2) is 12.4. The molecule has 3 nitrogen and oxygen atoms in total. The number of carbonyl (C=O) groups is 1. The molecule has 0 saturated heterocycles. The summed E-state index contributed by atoms with van der Waals surface area (Å²) < 4.78 is 0. The molecule has 0 saturated carbocycles. The lowest BCUT2D eigenvalue weighted by Crippen LogP contribution is -2.20. The van der Waals surface area contributed by atoms with E-state index in [1.807, 2.05) is 24.5 Å². The van der Waals surface area contributed by atoms with Crippen LogP contribution in [-0.2, 0) is 4.79 Å². The topological polar surface area (TPSA) is 40.5 Å². The van der Waals surface area contributed by atoms with Gasteiger partial charge in [-0.05, 0) is 30.7 Å². The van der Waals surface area contributed by atoms with Crippen LogP contribution in [0.4, 0.5) is 0 Å². The molecule has 0 heterocycles. The van der Waals surface area contributed by atoms with Crippen LogP contribution in [0.2, 0.25) is 0 Å². The number of allylic oxidation sites excluding steroid dienone is 1. The third-order valence-electron chi connectivity index (χ3n) is 4.06. The predicted octanol–water partition coefficient (Wildman–Crippen LogP) is 5.82. The smallest absolute Gasteiger partial charge is 0.335 e. The van der Waals surface area contributed by atoms with Crippen LogP contribution in [0.1, 0.15) is 45.1 Å². The summed E-state index contributed by atoms with van der Waals surface area (Å²) >= 11 is 1.55. The minimum atomic E-state index is -0.988. The Morgan fingerprint density at radius 2 is 1.73 bits per heavy atom. The normalized spacial score (nSPS) is 12.1. The van der Waals surface area contributed by atoms with Gasteiger partial charge in [-0.25, -0.2) is 4.79 Å². The van der Waals surface area contributed by atoms with E-state index in [4.69, 9.17) is 0 Å². The van der Waals surface area contributed by atoms with E-state index in [1.54, 1.807) is 17.8 Å². The Morgan fingerprint density at radius 3 is 2.19 bits per heavy atom. The average Bonchev–Trinajstić information content (AvgIpc) is 2.66. The molecule has 1 N–H and O–H groups in total. The van der Waals surface area contributed by atoms with Gasteiger partial charge in [0.2, 0.25) is 0 Å². The van der Waals surface area contributed by atoms with Crippen molar-refractivity contribution in [3.05, 3.63) is 65.2 Å². The van der Waals surface area contributed by atoms with Gasteiger partial charge in [-0.1, -0.05) is 63.6 Å². The monoisotopic (exact) mass is 373 g/mol. The van der Waals surface area contributed by atoms with Gasteiger partial charge < -0.3 is 10.0 Å². The van der Waals surface area contributed by atoms with E-state index in [1.165, 1.54) is 0 Å². The number of hydrogen-bond acceptors (Lipinski definition) is 3. The second-order valence-electron chi connectivity index (χ2n) is 6.19. The van der Waals surface area contributed by atoms with Gasteiger partial charge in [-0.15, -0.1) is 11.8 Å². The number of rotatable bonds is 12. The standard InChI is InChI=1S/C22H31NO2S/c1-5-7-14-23(15-8-6-2)17-20(19-12-10-9-11-13-19)21(26-4)16-18(3)22(24)25/h9-13,16-17H,3,5-8,14-15H2,1-2,4H3,(H,24,25)/b20-17+,21-16+. The first-order chi connectivity index (χ1) is 12.5. The average molecular weight is 374 g/mol. The van der Waals surface area contributed by atoms with Crippen molar-refractivity contribution < 1.29 is 9.90 Å². The van der Waals surface area contributed by atoms with Crippen molar-refractivity contribution >= 4 is 23.3 Å². The number of carboxylic acids is 1. The van der Waals surface area contributed by atoms with Crippen LogP contribution in [0.3, 0.4) is 0 Å². The number of unbranched alkanes of at least 4 members (excludes halogenated alkanes) is 2. The van der Waals surface area contributed by atoms with Gasteiger partial charge >= 0.3 is 5.97 Å². The molecule has 0 aromatic heterocycles. The van der Waals surface area contributed by atoms with Crippen molar-refractivity contribution in [1.82, 2.24) is 4.90 Å². The summed E-state index contributed by atoms with van der Waals surface area (Å²) in [7, 11) is 0. The largest absolute Gasteiger partial charge is 0.478 e. The predicted molar refractivity (Wildman–Crippen MR) is 114 cm³/mol. The van der Waals surface area contributed by atoms with Gasteiger partial charge in [0.15, 0.2) is 0 Å². The maximum Gasteiger partial charge on any atom is 0.335 e. The highest BCUT2D eigenvalue weighted by atomic mass is 32.2. The maximum atomic E-state index is 11.2. The van der Waals surface area contributed by atoms with E-state index in [2.05, 4.69) is 43.7 Å². The van der Waals surface area contributed by atoms with Crippen LogP contribution in [-0.4, -0.2) is 35.3 Å². The minimum absolute atomic E-state index is 0.102. The molecule has 1 aromatic carbocycles. The number of hydrogen-bond donors (Lipinski definition) is 1. The quantitative estimate of drug-likeness (QED) is 0.370. The highest BCUT2D eigenvalue weighted by Gasteiger charge is 2.12. The van der Waals surface area contributed by atoms with Gasteiger partial charge in [0.1, 0.15) is 0 Å². The van der Waals surface area contributed by atoms with Crippen LogP contribution in [0.15, 0.2) is 59.7 Å². The number of thioether (sulfide) groups is 1. The molecule has 0 amide bonds. The first-order valence-electron chi connectivity index (χ1n) is 9.23. The third-order valence-corrected chi connectivity index (χ3v) is 4.84. The molecule has 0 atom stereocenters. The Hall–Kier alpha value is -1.94. The fraction of sp³-hybridized carbons (Fsp3) is 0.409. The summed E-state index contributed by atoms with van der Waals surface area (Å²) in [6.45, 7) is 10.1. The van der Waals surface area contributed by atoms with E-state index in [0.717, 1.165) is 54.8 Å². The Bertz CT molecular complexity index is 627. The Kier molecular flexibility index (Phi) is 10.6. The second-order valence-corrected chi connectivity index (χ2v) is 7.04. The molecule has 0 bridgehead atoms. The van der Waals surface area contributed by atoms with Crippen molar-refractivity contribution in [2.24, 2.45) is 0 Å². The lowest BCUT2D eigenvalue weighted by molar-refractivity contribution is -0.132. The summed E-state index contributed by atoms with van der Waals surface area (Å²) in [5.74, 6) is -0.988. The zero-order valence-corrected chi connectivity index (χ0v) is 17.0. The molecule has 0 aliphatic rings. The molecule has 142 valence electrons. The number of benzene rings is 1. The fourth-order valence-corrected chi connectivity index (χ4v) is 3.16. The molecule has 0 spiro atoms. The van der Waals surface area contributed by atoms with Crippen LogP contribution >= 0.6 is 11.8 Å². The van der Waals surface area contributed by atoms with Crippen LogP contribution in [0, 0.1) is 0 Å².